The molecular weight excluding hydrogens is 462 g/mol. The minimum atomic E-state index is -3.77. The molecule has 35 heavy (non-hydrogen) atoms. The number of rotatable bonds is 9. The van der Waals surface area contributed by atoms with Gasteiger partial charge in [-0.2, -0.15) is 0 Å². The van der Waals surface area contributed by atoms with E-state index < -0.39 is 34.1 Å². The summed E-state index contributed by atoms with van der Waals surface area (Å²) in [4.78, 5) is 28.1. The lowest BCUT2D eigenvalue weighted by molar-refractivity contribution is -0.140. The number of benzene rings is 2. The van der Waals surface area contributed by atoms with Crippen molar-refractivity contribution in [1.82, 2.24) is 10.2 Å². The highest BCUT2D eigenvalue weighted by Crippen LogP contribution is 2.29. The number of sulfonamides is 1. The van der Waals surface area contributed by atoms with Gasteiger partial charge in [0.1, 0.15) is 12.6 Å². The summed E-state index contributed by atoms with van der Waals surface area (Å²) in [6, 6.07) is 14.1. The molecule has 1 atom stereocenters. The minimum absolute atomic E-state index is 0.0608. The molecule has 0 spiro atoms. The zero-order chi connectivity index (χ0) is 26.6. The van der Waals surface area contributed by atoms with Crippen LogP contribution < -0.4 is 9.62 Å². The second kappa shape index (κ2) is 11.2. The van der Waals surface area contributed by atoms with Crippen molar-refractivity contribution >= 4 is 27.5 Å². The van der Waals surface area contributed by atoms with Crippen LogP contribution in [0, 0.1) is 6.92 Å². The molecule has 2 aromatic carbocycles. The molecule has 0 radical (unpaired) electrons. The van der Waals surface area contributed by atoms with Crippen molar-refractivity contribution in [2.45, 2.75) is 72.5 Å². The Kier molecular flexibility index (Phi) is 9.11. The summed E-state index contributed by atoms with van der Waals surface area (Å²) in [5.74, 6) is -0.691. The van der Waals surface area contributed by atoms with Gasteiger partial charge in [0.15, 0.2) is 0 Å². The van der Waals surface area contributed by atoms with Crippen LogP contribution in [-0.4, -0.2) is 49.5 Å². The van der Waals surface area contributed by atoms with Crippen molar-refractivity contribution in [2.75, 3.05) is 17.1 Å². The number of nitrogens with zero attached hydrogens (tertiary/aromatic N) is 2. The van der Waals surface area contributed by atoms with Crippen molar-refractivity contribution in [3.63, 3.8) is 0 Å². The summed E-state index contributed by atoms with van der Waals surface area (Å²) in [6.07, 6.45) is 1.09. The van der Waals surface area contributed by atoms with Crippen LogP contribution in [0.1, 0.15) is 64.2 Å². The third-order valence-corrected chi connectivity index (χ3v) is 6.77. The van der Waals surface area contributed by atoms with E-state index in [0.717, 1.165) is 27.3 Å². The fourth-order valence-electron chi connectivity index (χ4n) is 3.74. The Balaban J connectivity index is 2.46. The molecule has 1 N–H and O–H groups in total. The highest BCUT2D eigenvalue weighted by atomic mass is 32.2. The number of carbonyl (C=O) groups is 2. The molecule has 8 heteroatoms. The first-order chi connectivity index (χ1) is 16.1. The number of amides is 2. The molecule has 0 aliphatic heterocycles. The Hall–Kier alpha value is -2.87. The third-order valence-electron chi connectivity index (χ3n) is 5.65. The van der Waals surface area contributed by atoms with Crippen molar-refractivity contribution in [3.8, 4) is 0 Å². The van der Waals surface area contributed by atoms with Gasteiger partial charge in [0.2, 0.25) is 21.8 Å². The van der Waals surface area contributed by atoms with Crippen molar-refractivity contribution in [2.24, 2.45) is 0 Å². The van der Waals surface area contributed by atoms with Crippen LogP contribution in [-0.2, 0) is 26.2 Å². The van der Waals surface area contributed by atoms with Crippen molar-refractivity contribution < 1.29 is 18.0 Å². The fraction of sp³-hybridized carbons (Fsp3) is 0.481. The number of hydrogen-bond acceptors (Lipinski definition) is 4. The molecule has 0 heterocycles. The fourth-order valence-corrected chi connectivity index (χ4v) is 4.61. The summed E-state index contributed by atoms with van der Waals surface area (Å²) in [6.45, 7) is 13.0. The van der Waals surface area contributed by atoms with E-state index in [4.69, 9.17) is 0 Å². The smallest absolute Gasteiger partial charge is 0.244 e. The first-order valence-electron chi connectivity index (χ1n) is 11.8. The zero-order valence-electron chi connectivity index (χ0n) is 22.1. The lowest BCUT2D eigenvalue weighted by Crippen LogP contribution is -2.54. The van der Waals surface area contributed by atoms with Crippen LogP contribution in [0.25, 0.3) is 0 Å². The zero-order valence-corrected chi connectivity index (χ0v) is 22.9. The first-order valence-corrected chi connectivity index (χ1v) is 13.7. The van der Waals surface area contributed by atoms with Gasteiger partial charge in [0.05, 0.1) is 11.9 Å². The second-order valence-corrected chi connectivity index (χ2v) is 12.3. The molecule has 2 amide bonds. The van der Waals surface area contributed by atoms with E-state index in [0.29, 0.717) is 5.69 Å². The standard InChI is InChI=1S/C27H39N3O4S/c1-19(2)23-11-9-10-12-24(23)30(35(8,33)34)18-25(31)29(17-22-15-13-20(3)14-16-22)21(4)26(32)28-27(5,6)7/h9-16,19,21H,17-18H2,1-8H3,(H,28,32)/t21-/m1/s1. The Bertz CT molecular complexity index is 1140. The Morgan fingerprint density at radius 3 is 2.06 bits per heavy atom. The molecule has 0 aliphatic rings. The molecule has 0 unspecified atom stereocenters. The maximum atomic E-state index is 13.7. The Morgan fingerprint density at radius 1 is 0.971 bits per heavy atom. The minimum Gasteiger partial charge on any atom is -0.350 e. The summed E-state index contributed by atoms with van der Waals surface area (Å²) < 4.78 is 26.8. The molecular formula is C27H39N3O4S. The third kappa shape index (κ3) is 8.09. The summed E-state index contributed by atoms with van der Waals surface area (Å²) >= 11 is 0. The average molecular weight is 502 g/mol. The molecule has 0 saturated heterocycles. The number of nitrogens with one attached hydrogen (secondary N) is 1. The number of hydrogen-bond donors (Lipinski definition) is 1. The van der Waals surface area contributed by atoms with E-state index in [1.165, 1.54) is 4.90 Å². The maximum absolute atomic E-state index is 13.7. The number of carbonyl (C=O) groups excluding carboxylic acids is 2. The predicted octanol–water partition coefficient (Wildman–Crippen LogP) is 4.22. The van der Waals surface area contributed by atoms with E-state index in [9.17, 15) is 18.0 Å². The van der Waals surface area contributed by atoms with E-state index >= 15 is 0 Å². The average Bonchev–Trinajstić information content (AvgIpc) is 2.74. The van der Waals surface area contributed by atoms with Gasteiger partial charge in [0, 0.05) is 12.1 Å². The van der Waals surface area contributed by atoms with Gasteiger partial charge < -0.3 is 10.2 Å². The van der Waals surface area contributed by atoms with Gasteiger partial charge in [-0.05, 0) is 57.7 Å². The molecule has 2 aromatic rings. The van der Waals surface area contributed by atoms with E-state index in [-0.39, 0.29) is 18.4 Å². The molecule has 0 aromatic heterocycles. The van der Waals surface area contributed by atoms with Crippen molar-refractivity contribution in [3.05, 3.63) is 65.2 Å². The SMILES string of the molecule is Cc1ccc(CN(C(=O)CN(c2ccccc2C(C)C)S(C)(=O)=O)[C@H](C)C(=O)NC(C)(C)C)cc1. The summed E-state index contributed by atoms with van der Waals surface area (Å²) in [7, 11) is -3.77. The summed E-state index contributed by atoms with van der Waals surface area (Å²) in [5, 5.41) is 2.92. The number of anilines is 1. The number of para-hydroxylation sites is 1. The molecule has 0 fully saturated rings. The topological polar surface area (TPSA) is 86.8 Å². The largest absolute Gasteiger partial charge is 0.350 e. The normalized spacial score (nSPS) is 12.8. The molecule has 2 rings (SSSR count). The Labute approximate surface area is 210 Å². The van der Waals surface area contributed by atoms with Crippen molar-refractivity contribution in [1.29, 1.82) is 0 Å². The number of aryl methyl sites for hydroxylation is 1. The quantitative estimate of drug-likeness (QED) is 0.557. The van der Waals surface area contributed by atoms with E-state index in [1.54, 1.807) is 19.1 Å². The van der Waals surface area contributed by atoms with Crippen LogP contribution in [0.4, 0.5) is 5.69 Å². The van der Waals surface area contributed by atoms with Crippen LogP contribution >= 0.6 is 0 Å². The van der Waals surface area contributed by atoms with Crippen LogP contribution in [0.15, 0.2) is 48.5 Å². The monoisotopic (exact) mass is 501 g/mol. The van der Waals surface area contributed by atoms with Gasteiger partial charge >= 0.3 is 0 Å². The first kappa shape index (κ1) is 28.4. The highest BCUT2D eigenvalue weighted by Gasteiger charge is 2.32. The second-order valence-electron chi connectivity index (χ2n) is 10.4. The maximum Gasteiger partial charge on any atom is 0.244 e. The van der Waals surface area contributed by atoms with E-state index in [2.05, 4.69) is 5.32 Å². The lowest BCUT2D eigenvalue weighted by atomic mass is 10.0. The predicted molar refractivity (Wildman–Crippen MR) is 142 cm³/mol. The van der Waals surface area contributed by atoms with Gasteiger partial charge in [-0.3, -0.25) is 13.9 Å². The van der Waals surface area contributed by atoms with Gasteiger partial charge in [0.25, 0.3) is 0 Å². The van der Waals surface area contributed by atoms with Gasteiger partial charge in [-0.15, -0.1) is 0 Å². The molecule has 0 saturated carbocycles. The van der Waals surface area contributed by atoms with E-state index in [1.807, 2.05) is 77.9 Å². The molecule has 192 valence electrons. The van der Waals surface area contributed by atoms with Gasteiger partial charge in [-0.25, -0.2) is 8.42 Å². The molecule has 7 nitrogen and oxygen atoms in total. The van der Waals surface area contributed by atoms with Gasteiger partial charge in [-0.1, -0.05) is 61.9 Å². The molecule has 0 aliphatic carbocycles. The van der Waals surface area contributed by atoms with Crippen LogP contribution in [0.3, 0.4) is 0 Å². The van der Waals surface area contributed by atoms with Crippen LogP contribution in [0.5, 0.6) is 0 Å². The van der Waals surface area contributed by atoms with Crippen LogP contribution in [0.2, 0.25) is 0 Å². The molecule has 0 bridgehead atoms. The summed E-state index contributed by atoms with van der Waals surface area (Å²) in [5.41, 5.74) is 2.76. The highest BCUT2D eigenvalue weighted by molar-refractivity contribution is 7.92. The Morgan fingerprint density at radius 2 is 1.54 bits per heavy atom. The lowest BCUT2D eigenvalue weighted by Gasteiger charge is -2.33.